The summed E-state index contributed by atoms with van der Waals surface area (Å²) in [7, 11) is 1.46. The molecule has 0 amide bonds. The van der Waals surface area contributed by atoms with Crippen LogP contribution in [0.2, 0.25) is 5.15 Å². The maximum Gasteiger partial charge on any atom is 0.261 e. The molecule has 0 aliphatic rings. The minimum absolute atomic E-state index is 0.0277. The van der Waals surface area contributed by atoms with Crippen LogP contribution in [0.1, 0.15) is 0 Å². The molecule has 2 aromatic rings. The molecule has 0 bridgehead atoms. The van der Waals surface area contributed by atoms with Crippen LogP contribution in [-0.2, 0) is 9.05 Å². The van der Waals surface area contributed by atoms with Gasteiger partial charge in [0.15, 0.2) is 0 Å². The normalized spacial score (nSPS) is 12.2. The van der Waals surface area contributed by atoms with Crippen LogP contribution >= 0.6 is 44.9 Å². The molecule has 0 aromatic carbocycles. The first-order chi connectivity index (χ1) is 6.89. The van der Waals surface area contributed by atoms with Gasteiger partial charge in [-0.2, -0.15) is 0 Å². The summed E-state index contributed by atoms with van der Waals surface area (Å²) in [6.07, 6.45) is 1.52. The van der Waals surface area contributed by atoms with Gasteiger partial charge in [-0.1, -0.05) is 11.6 Å². The van der Waals surface area contributed by atoms with Gasteiger partial charge in [-0.15, -0.1) is 0 Å². The molecule has 0 unspecified atom stereocenters. The predicted octanol–water partition coefficient (Wildman–Crippen LogP) is 2.52. The molecule has 0 spiro atoms. The van der Waals surface area contributed by atoms with Crippen molar-refractivity contribution in [3.05, 3.63) is 27.3 Å². The number of rotatable bonds is 1. The number of fused-ring (bicyclic) bond motifs is 1. The van der Waals surface area contributed by atoms with Gasteiger partial charge >= 0.3 is 0 Å². The lowest BCUT2D eigenvalue weighted by molar-refractivity contribution is 0.609. The maximum absolute atomic E-state index is 11.1. The molecular formula is C7H3Cl2IN2O2S. The first-order valence-electron chi connectivity index (χ1n) is 3.66. The van der Waals surface area contributed by atoms with E-state index in [0.29, 0.717) is 9.22 Å². The van der Waals surface area contributed by atoms with Crippen molar-refractivity contribution in [3.63, 3.8) is 0 Å². The third-order valence-electron chi connectivity index (χ3n) is 1.81. The van der Waals surface area contributed by atoms with E-state index in [4.69, 9.17) is 22.3 Å². The molecule has 0 radical (unpaired) electrons. The van der Waals surface area contributed by atoms with Crippen molar-refractivity contribution in [1.82, 2.24) is 9.38 Å². The summed E-state index contributed by atoms with van der Waals surface area (Å²) in [5.74, 6) is 0. The fourth-order valence-electron chi connectivity index (χ4n) is 1.14. The maximum atomic E-state index is 11.1. The van der Waals surface area contributed by atoms with E-state index in [1.807, 2.05) is 22.6 Å². The Morgan fingerprint density at radius 1 is 1.40 bits per heavy atom. The number of imidazole rings is 1. The molecule has 2 heterocycles. The van der Waals surface area contributed by atoms with Gasteiger partial charge in [0.05, 0.1) is 10.4 Å². The Bertz CT molecular complexity index is 638. The van der Waals surface area contributed by atoms with E-state index in [1.165, 1.54) is 18.5 Å². The molecule has 0 fully saturated rings. The van der Waals surface area contributed by atoms with E-state index in [2.05, 4.69) is 4.98 Å². The van der Waals surface area contributed by atoms with Crippen molar-refractivity contribution in [2.75, 3.05) is 0 Å². The fourth-order valence-corrected chi connectivity index (χ4v) is 2.77. The molecule has 8 heteroatoms. The van der Waals surface area contributed by atoms with Gasteiger partial charge in [0, 0.05) is 10.7 Å². The number of pyridine rings is 1. The largest absolute Gasteiger partial charge is 0.288 e. The third kappa shape index (κ3) is 2.08. The Labute approximate surface area is 109 Å². The lowest BCUT2D eigenvalue weighted by Gasteiger charge is -2.01. The summed E-state index contributed by atoms with van der Waals surface area (Å²) in [6, 6.07) is 2.72. The van der Waals surface area contributed by atoms with Gasteiger partial charge < -0.3 is 0 Å². The lowest BCUT2D eigenvalue weighted by Crippen LogP contribution is -1.94. The minimum atomic E-state index is -3.77. The van der Waals surface area contributed by atoms with Crippen LogP contribution < -0.4 is 0 Å². The summed E-state index contributed by atoms with van der Waals surface area (Å²) in [5, 5.41) is 0.252. The van der Waals surface area contributed by atoms with Gasteiger partial charge in [-0.25, -0.2) is 13.4 Å². The molecule has 0 saturated heterocycles. The second-order valence-corrected chi connectivity index (χ2v) is 6.72. The Morgan fingerprint density at radius 3 is 2.67 bits per heavy atom. The number of hydrogen-bond acceptors (Lipinski definition) is 3. The van der Waals surface area contributed by atoms with Crippen molar-refractivity contribution in [2.24, 2.45) is 0 Å². The average Bonchev–Trinajstić information content (AvgIpc) is 2.47. The Morgan fingerprint density at radius 2 is 2.07 bits per heavy atom. The van der Waals surface area contributed by atoms with Crippen LogP contribution in [0.25, 0.3) is 5.52 Å². The molecule has 15 heavy (non-hydrogen) atoms. The molecular weight excluding hydrogens is 374 g/mol. The summed E-state index contributed by atoms with van der Waals surface area (Å²) in [6.45, 7) is 0. The van der Waals surface area contributed by atoms with Crippen LogP contribution in [0.15, 0.2) is 23.4 Å². The van der Waals surface area contributed by atoms with Crippen molar-refractivity contribution < 1.29 is 8.42 Å². The van der Waals surface area contributed by atoms with E-state index in [9.17, 15) is 8.42 Å². The second kappa shape index (κ2) is 3.76. The highest BCUT2D eigenvalue weighted by molar-refractivity contribution is 14.1. The van der Waals surface area contributed by atoms with Crippen molar-refractivity contribution >= 4 is 59.4 Å². The summed E-state index contributed by atoms with van der Waals surface area (Å²) in [5.41, 5.74) is 0.613. The quantitative estimate of drug-likeness (QED) is 0.436. The highest BCUT2D eigenvalue weighted by Gasteiger charge is 2.14. The van der Waals surface area contributed by atoms with E-state index in [1.54, 1.807) is 4.40 Å². The zero-order chi connectivity index (χ0) is 11.2. The molecule has 0 atom stereocenters. The Kier molecular flexibility index (Phi) is 2.87. The van der Waals surface area contributed by atoms with Crippen molar-refractivity contribution in [1.29, 1.82) is 0 Å². The predicted molar refractivity (Wildman–Crippen MR) is 66.0 cm³/mol. The van der Waals surface area contributed by atoms with E-state index in [-0.39, 0.29) is 10.0 Å². The SMILES string of the molecule is O=S(=O)(Cl)c1cc(Cl)n2cnc(I)c2c1. The monoisotopic (exact) mass is 376 g/mol. The molecule has 4 nitrogen and oxygen atoms in total. The Hall–Kier alpha value is -0.0500. The smallest absolute Gasteiger partial charge is 0.261 e. The zero-order valence-corrected chi connectivity index (χ0v) is 11.5. The highest BCUT2D eigenvalue weighted by atomic mass is 127. The molecule has 2 rings (SSSR count). The average molecular weight is 377 g/mol. The highest BCUT2D eigenvalue weighted by Crippen LogP contribution is 2.24. The molecule has 80 valence electrons. The molecule has 0 N–H and O–H groups in total. The molecule has 2 aromatic heterocycles. The number of nitrogens with zero attached hydrogens (tertiary/aromatic N) is 2. The summed E-state index contributed by atoms with van der Waals surface area (Å²) < 4.78 is 24.5. The number of halogens is 3. The van der Waals surface area contributed by atoms with Crippen LogP contribution in [0, 0.1) is 3.70 Å². The van der Waals surface area contributed by atoms with Gasteiger partial charge in [0.2, 0.25) is 0 Å². The summed E-state index contributed by atoms with van der Waals surface area (Å²) >= 11 is 7.86. The summed E-state index contributed by atoms with van der Waals surface area (Å²) in [4.78, 5) is 3.98. The van der Waals surface area contributed by atoms with Gasteiger partial charge in [0.25, 0.3) is 9.05 Å². The van der Waals surface area contributed by atoms with Crippen molar-refractivity contribution in [2.45, 2.75) is 4.90 Å². The second-order valence-electron chi connectivity index (χ2n) is 2.74. The van der Waals surface area contributed by atoms with Gasteiger partial charge in [0.1, 0.15) is 15.2 Å². The number of hydrogen-bond donors (Lipinski definition) is 0. The lowest BCUT2D eigenvalue weighted by atomic mass is 10.4. The van der Waals surface area contributed by atoms with E-state index >= 15 is 0 Å². The van der Waals surface area contributed by atoms with Crippen molar-refractivity contribution in [3.8, 4) is 0 Å². The molecule has 0 saturated carbocycles. The van der Waals surface area contributed by atoms with Crippen LogP contribution in [0.3, 0.4) is 0 Å². The first kappa shape index (κ1) is 11.4. The van der Waals surface area contributed by atoms with Gasteiger partial charge in [-0.3, -0.25) is 4.40 Å². The topological polar surface area (TPSA) is 51.4 Å². The standard InChI is InChI=1S/C7H3Cl2IN2O2S/c8-6-2-4(15(9,13)14)1-5-7(10)11-3-12(5)6/h1-3H. The minimum Gasteiger partial charge on any atom is -0.288 e. The van der Waals surface area contributed by atoms with Crippen LogP contribution in [0.4, 0.5) is 0 Å². The zero-order valence-electron chi connectivity index (χ0n) is 6.99. The van der Waals surface area contributed by atoms with Crippen LogP contribution in [0.5, 0.6) is 0 Å². The number of aromatic nitrogens is 2. The van der Waals surface area contributed by atoms with Gasteiger partial charge in [-0.05, 0) is 34.7 Å². The van der Waals surface area contributed by atoms with Crippen LogP contribution in [-0.4, -0.2) is 17.8 Å². The van der Waals surface area contributed by atoms with E-state index < -0.39 is 9.05 Å². The molecule has 0 aliphatic carbocycles. The first-order valence-corrected chi connectivity index (χ1v) is 7.43. The van der Waals surface area contributed by atoms with E-state index in [0.717, 1.165) is 0 Å². The fraction of sp³-hybridized carbons (Fsp3) is 0. The Balaban J connectivity index is 2.88. The molecule has 0 aliphatic heterocycles. The third-order valence-corrected chi connectivity index (χ3v) is 4.27.